The monoisotopic (exact) mass is 311 g/mol. The van der Waals surface area contributed by atoms with E-state index in [1.54, 1.807) is 6.33 Å². The number of urea groups is 1. The van der Waals surface area contributed by atoms with Gasteiger partial charge >= 0.3 is 6.03 Å². The highest BCUT2D eigenvalue weighted by Gasteiger charge is 2.26. The molecule has 0 spiro atoms. The summed E-state index contributed by atoms with van der Waals surface area (Å²) in [6.07, 6.45) is 6.45. The number of hydrogen-bond donors (Lipinski definition) is 2. The molecule has 1 heterocycles. The summed E-state index contributed by atoms with van der Waals surface area (Å²) in [4.78, 5) is 12.1. The van der Waals surface area contributed by atoms with Crippen molar-refractivity contribution in [2.45, 2.75) is 63.9 Å². The summed E-state index contributed by atoms with van der Waals surface area (Å²) in [6.45, 7) is 5.43. The Balaban J connectivity index is 1.80. The van der Waals surface area contributed by atoms with Crippen molar-refractivity contribution in [3.05, 3.63) is 12.2 Å². The molecule has 1 saturated carbocycles. The molecule has 0 radical (unpaired) electrons. The van der Waals surface area contributed by atoms with Crippen LogP contribution in [0.4, 0.5) is 4.79 Å². The lowest BCUT2D eigenvalue weighted by atomic mass is 9.95. The zero-order chi connectivity index (χ0) is 15.1. The van der Waals surface area contributed by atoms with Crippen LogP contribution in [0.3, 0.4) is 0 Å². The number of aromatic nitrogens is 3. The summed E-state index contributed by atoms with van der Waals surface area (Å²) < 4.78 is 1.93. The molecular weight excluding hydrogens is 286 g/mol. The highest BCUT2D eigenvalue weighted by atomic mass is 32.2. The molecule has 2 rings (SSSR count). The summed E-state index contributed by atoms with van der Waals surface area (Å²) in [5.74, 6) is 1.89. The number of nitrogens with zero attached hydrogens (tertiary/aromatic N) is 3. The van der Waals surface area contributed by atoms with Crippen LogP contribution in [-0.2, 0) is 13.1 Å². The van der Waals surface area contributed by atoms with E-state index in [0.717, 1.165) is 24.5 Å². The van der Waals surface area contributed by atoms with E-state index in [4.69, 9.17) is 0 Å². The molecule has 7 heteroatoms. The van der Waals surface area contributed by atoms with Crippen molar-refractivity contribution >= 4 is 17.8 Å². The largest absolute Gasteiger partial charge is 0.334 e. The van der Waals surface area contributed by atoms with Crippen LogP contribution >= 0.6 is 11.8 Å². The maximum Gasteiger partial charge on any atom is 0.315 e. The van der Waals surface area contributed by atoms with Gasteiger partial charge in [0.15, 0.2) is 5.82 Å². The normalized spacial score (nSPS) is 22.0. The first-order valence-corrected chi connectivity index (χ1v) is 8.82. The van der Waals surface area contributed by atoms with E-state index in [-0.39, 0.29) is 12.1 Å². The van der Waals surface area contributed by atoms with Crippen LogP contribution in [0.25, 0.3) is 0 Å². The Hall–Kier alpha value is -1.24. The van der Waals surface area contributed by atoms with Crippen molar-refractivity contribution < 1.29 is 4.79 Å². The Morgan fingerprint density at radius 3 is 3.00 bits per heavy atom. The first-order chi connectivity index (χ1) is 10.2. The van der Waals surface area contributed by atoms with Gasteiger partial charge in [-0.1, -0.05) is 19.8 Å². The second-order valence-electron chi connectivity index (χ2n) is 5.24. The third-order valence-electron chi connectivity index (χ3n) is 3.84. The molecule has 0 saturated heterocycles. The van der Waals surface area contributed by atoms with Crippen molar-refractivity contribution in [1.82, 2.24) is 25.4 Å². The molecule has 6 nitrogen and oxygen atoms in total. The standard InChI is InChI=1S/C14H25N5OS/c1-3-19-10-16-18-13(19)9-15-14(20)17-11-7-5-6-8-12(11)21-4-2/h10-12H,3-9H2,1-2H3,(H2,15,17,20)/t11-,12+/m1/s1. The van der Waals surface area contributed by atoms with Gasteiger partial charge in [-0.25, -0.2) is 4.79 Å². The van der Waals surface area contributed by atoms with Gasteiger partial charge in [0.1, 0.15) is 6.33 Å². The Labute approximate surface area is 130 Å². The van der Waals surface area contributed by atoms with E-state index in [2.05, 4.69) is 27.8 Å². The molecule has 1 aromatic rings. The van der Waals surface area contributed by atoms with Crippen molar-refractivity contribution in [2.24, 2.45) is 0 Å². The fraction of sp³-hybridized carbons (Fsp3) is 0.786. The van der Waals surface area contributed by atoms with Crippen LogP contribution in [0, 0.1) is 0 Å². The minimum atomic E-state index is -0.103. The molecule has 0 aliphatic heterocycles. The second kappa shape index (κ2) is 8.26. The highest BCUT2D eigenvalue weighted by molar-refractivity contribution is 7.99. The van der Waals surface area contributed by atoms with Crippen molar-refractivity contribution in [3.63, 3.8) is 0 Å². The van der Waals surface area contributed by atoms with Crippen molar-refractivity contribution in [2.75, 3.05) is 5.75 Å². The molecular formula is C14H25N5OS. The first-order valence-electron chi connectivity index (χ1n) is 7.77. The predicted octanol–water partition coefficient (Wildman–Crippen LogP) is 2.16. The van der Waals surface area contributed by atoms with E-state index >= 15 is 0 Å². The molecule has 1 aromatic heterocycles. The number of rotatable bonds is 6. The third kappa shape index (κ3) is 4.62. The van der Waals surface area contributed by atoms with Crippen LogP contribution in [0.15, 0.2) is 6.33 Å². The third-order valence-corrected chi connectivity index (χ3v) is 5.17. The molecule has 21 heavy (non-hydrogen) atoms. The SMILES string of the molecule is CCS[C@H]1CCCC[C@H]1NC(=O)NCc1nncn1CC. The fourth-order valence-corrected chi connectivity index (χ4v) is 3.93. The molecule has 1 aliphatic carbocycles. The van der Waals surface area contributed by atoms with Crippen LogP contribution in [0.5, 0.6) is 0 Å². The Kier molecular flexibility index (Phi) is 6.35. The minimum Gasteiger partial charge on any atom is -0.334 e. The minimum absolute atomic E-state index is 0.103. The van der Waals surface area contributed by atoms with E-state index in [0.29, 0.717) is 11.8 Å². The maximum atomic E-state index is 12.1. The van der Waals surface area contributed by atoms with Crippen molar-refractivity contribution in [1.29, 1.82) is 0 Å². The number of amides is 2. The molecule has 0 aromatic carbocycles. The van der Waals surface area contributed by atoms with Gasteiger partial charge in [0.05, 0.1) is 6.54 Å². The molecule has 118 valence electrons. The Morgan fingerprint density at radius 1 is 1.43 bits per heavy atom. The molecule has 2 amide bonds. The molecule has 0 bridgehead atoms. The molecule has 1 aliphatic rings. The lowest BCUT2D eigenvalue weighted by Crippen LogP contribution is -2.48. The van der Waals surface area contributed by atoms with E-state index in [9.17, 15) is 4.79 Å². The zero-order valence-electron chi connectivity index (χ0n) is 12.8. The van der Waals surface area contributed by atoms with E-state index in [1.807, 2.05) is 23.3 Å². The summed E-state index contributed by atoms with van der Waals surface area (Å²) >= 11 is 1.96. The molecule has 0 unspecified atom stereocenters. The lowest BCUT2D eigenvalue weighted by Gasteiger charge is -2.31. The first kappa shape index (κ1) is 16.1. The van der Waals surface area contributed by atoms with Gasteiger partial charge in [0, 0.05) is 17.8 Å². The van der Waals surface area contributed by atoms with Gasteiger partial charge < -0.3 is 15.2 Å². The van der Waals surface area contributed by atoms with Gasteiger partial charge in [0.25, 0.3) is 0 Å². The van der Waals surface area contributed by atoms with Crippen LogP contribution in [-0.4, -0.2) is 37.8 Å². The number of thioether (sulfide) groups is 1. The van der Waals surface area contributed by atoms with Gasteiger partial charge in [0.2, 0.25) is 0 Å². The quantitative estimate of drug-likeness (QED) is 0.844. The van der Waals surface area contributed by atoms with Crippen molar-refractivity contribution in [3.8, 4) is 0 Å². The summed E-state index contributed by atoms with van der Waals surface area (Å²) in [5, 5.41) is 14.4. The smallest absolute Gasteiger partial charge is 0.315 e. The lowest BCUT2D eigenvalue weighted by molar-refractivity contribution is 0.232. The number of carbonyl (C=O) groups is 1. The van der Waals surface area contributed by atoms with Crippen LogP contribution in [0.1, 0.15) is 45.4 Å². The number of aryl methyl sites for hydroxylation is 1. The Bertz CT molecular complexity index is 448. The maximum absolute atomic E-state index is 12.1. The van der Waals surface area contributed by atoms with E-state index < -0.39 is 0 Å². The molecule has 2 N–H and O–H groups in total. The zero-order valence-corrected chi connectivity index (χ0v) is 13.7. The highest BCUT2D eigenvalue weighted by Crippen LogP contribution is 2.28. The van der Waals surface area contributed by atoms with Gasteiger partial charge in [-0.05, 0) is 25.5 Å². The van der Waals surface area contributed by atoms with Gasteiger partial charge in [-0.2, -0.15) is 11.8 Å². The van der Waals surface area contributed by atoms with Crippen LogP contribution < -0.4 is 10.6 Å². The molecule has 2 atom stereocenters. The Morgan fingerprint density at radius 2 is 2.24 bits per heavy atom. The predicted molar refractivity (Wildman–Crippen MR) is 85.2 cm³/mol. The number of carbonyl (C=O) groups excluding carboxylic acids is 1. The van der Waals surface area contributed by atoms with Gasteiger partial charge in [-0.15, -0.1) is 10.2 Å². The number of nitrogens with one attached hydrogen (secondary N) is 2. The van der Waals surface area contributed by atoms with Gasteiger partial charge in [-0.3, -0.25) is 0 Å². The van der Waals surface area contributed by atoms with E-state index in [1.165, 1.54) is 19.3 Å². The average Bonchev–Trinajstić information content (AvgIpc) is 2.95. The summed E-state index contributed by atoms with van der Waals surface area (Å²) in [5.41, 5.74) is 0. The topological polar surface area (TPSA) is 71.8 Å². The average molecular weight is 311 g/mol. The second-order valence-corrected chi connectivity index (χ2v) is 6.76. The summed E-state index contributed by atoms with van der Waals surface area (Å²) in [7, 11) is 0. The van der Waals surface area contributed by atoms with Crippen LogP contribution in [0.2, 0.25) is 0 Å². The molecule has 1 fully saturated rings. The number of hydrogen-bond acceptors (Lipinski definition) is 4. The summed E-state index contributed by atoms with van der Waals surface area (Å²) in [6, 6.07) is 0.182. The fourth-order valence-electron chi connectivity index (χ4n) is 2.73.